The number of amides is 2. The van der Waals surface area contributed by atoms with E-state index in [2.05, 4.69) is 10.6 Å². The van der Waals surface area contributed by atoms with Crippen molar-refractivity contribution in [1.82, 2.24) is 10.6 Å². The summed E-state index contributed by atoms with van der Waals surface area (Å²) in [5.74, 6) is -0.579. The Bertz CT molecular complexity index is 1200. The van der Waals surface area contributed by atoms with Crippen molar-refractivity contribution in [2.75, 3.05) is 13.2 Å². The summed E-state index contributed by atoms with van der Waals surface area (Å²) in [6.45, 7) is 1.80. The molecule has 0 heterocycles. The number of alkyl halides is 3. The second-order valence-corrected chi connectivity index (χ2v) is 7.74. The van der Waals surface area contributed by atoms with Crippen LogP contribution in [-0.2, 0) is 17.4 Å². The molecule has 36 heavy (non-hydrogen) atoms. The highest BCUT2D eigenvalue weighted by molar-refractivity contribution is 6.05. The van der Waals surface area contributed by atoms with Gasteiger partial charge in [-0.2, -0.15) is 13.2 Å². The minimum absolute atomic E-state index is 0.00257. The first-order valence-electron chi connectivity index (χ1n) is 11.2. The molecule has 0 aromatic heterocycles. The number of ether oxygens (including phenoxy) is 1. The van der Waals surface area contributed by atoms with E-state index < -0.39 is 23.6 Å². The lowest BCUT2D eigenvalue weighted by molar-refractivity contribution is -0.137. The van der Waals surface area contributed by atoms with Crippen LogP contribution >= 0.6 is 0 Å². The molecule has 3 aromatic rings. The summed E-state index contributed by atoms with van der Waals surface area (Å²) in [7, 11) is 0. The van der Waals surface area contributed by atoms with E-state index in [1.165, 1.54) is 42.5 Å². The maximum atomic E-state index is 12.8. The molecule has 0 saturated carbocycles. The van der Waals surface area contributed by atoms with Crippen molar-refractivity contribution < 1.29 is 32.6 Å². The monoisotopic (exact) mass is 498 g/mol. The minimum atomic E-state index is -4.44. The summed E-state index contributed by atoms with van der Waals surface area (Å²) in [5.41, 5.74) is 1.29. The van der Waals surface area contributed by atoms with Crippen molar-refractivity contribution in [3.05, 3.63) is 101 Å². The molecule has 3 aromatic carbocycles. The SMILES string of the molecule is CCc1ccc(/C=C(/NC(=O)c2ccc(Oc3ccc(C(F)(F)F)cc3)cc2)C(=O)NCCO)cc1. The third-order valence-corrected chi connectivity index (χ3v) is 5.12. The number of carbonyl (C=O) groups is 2. The first kappa shape index (κ1) is 26.5. The van der Waals surface area contributed by atoms with E-state index in [-0.39, 0.29) is 30.2 Å². The Kier molecular flexibility index (Phi) is 8.86. The molecule has 0 bridgehead atoms. The minimum Gasteiger partial charge on any atom is -0.457 e. The number of aliphatic hydroxyl groups is 1. The summed E-state index contributed by atoms with van der Waals surface area (Å²) < 4.78 is 43.7. The predicted molar refractivity (Wildman–Crippen MR) is 129 cm³/mol. The highest BCUT2D eigenvalue weighted by atomic mass is 19.4. The highest BCUT2D eigenvalue weighted by Crippen LogP contribution is 2.31. The topological polar surface area (TPSA) is 87.7 Å². The van der Waals surface area contributed by atoms with Crippen LogP contribution in [0.4, 0.5) is 13.2 Å². The lowest BCUT2D eigenvalue weighted by Gasteiger charge is -2.12. The fourth-order valence-electron chi connectivity index (χ4n) is 3.16. The number of nitrogens with one attached hydrogen (secondary N) is 2. The number of aliphatic hydroxyl groups excluding tert-OH is 1. The Morgan fingerprint density at radius 1 is 0.917 bits per heavy atom. The van der Waals surface area contributed by atoms with Gasteiger partial charge in [0.1, 0.15) is 17.2 Å². The molecule has 0 fully saturated rings. The molecule has 0 aliphatic heterocycles. The Hall–Kier alpha value is -4.11. The van der Waals surface area contributed by atoms with Crippen LogP contribution in [0.2, 0.25) is 0 Å². The van der Waals surface area contributed by atoms with Crippen molar-refractivity contribution in [3.8, 4) is 11.5 Å². The van der Waals surface area contributed by atoms with Gasteiger partial charge >= 0.3 is 6.18 Å². The molecule has 0 atom stereocenters. The van der Waals surface area contributed by atoms with E-state index in [1.807, 2.05) is 31.2 Å². The number of hydrogen-bond donors (Lipinski definition) is 3. The smallest absolute Gasteiger partial charge is 0.416 e. The van der Waals surface area contributed by atoms with E-state index in [9.17, 15) is 22.8 Å². The number of benzene rings is 3. The highest BCUT2D eigenvalue weighted by Gasteiger charge is 2.30. The van der Waals surface area contributed by atoms with Gasteiger partial charge in [-0.25, -0.2) is 0 Å². The van der Waals surface area contributed by atoms with E-state index >= 15 is 0 Å². The normalized spacial score (nSPS) is 11.6. The van der Waals surface area contributed by atoms with Crippen LogP contribution in [0.3, 0.4) is 0 Å². The molecular formula is C27H25F3N2O4. The molecule has 3 rings (SSSR count). The van der Waals surface area contributed by atoms with Crippen LogP contribution in [0.5, 0.6) is 11.5 Å². The molecule has 188 valence electrons. The standard InChI is InChI=1S/C27H25F3N2O4/c1-2-18-3-5-19(6-4-18)17-24(26(35)31-15-16-33)32-25(34)20-7-11-22(12-8-20)36-23-13-9-21(10-14-23)27(28,29)30/h3-14,17,33H,2,15-16H2,1H3,(H,31,35)(H,32,34)/b24-17+. The number of rotatable bonds is 9. The largest absolute Gasteiger partial charge is 0.457 e. The maximum absolute atomic E-state index is 12.8. The first-order chi connectivity index (χ1) is 17.2. The van der Waals surface area contributed by atoms with Crippen LogP contribution in [0.15, 0.2) is 78.5 Å². The Balaban J connectivity index is 1.72. The fourth-order valence-corrected chi connectivity index (χ4v) is 3.16. The summed E-state index contributed by atoms with van der Waals surface area (Å²) in [5, 5.41) is 14.1. The van der Waals surface area contributed by atoms with Crippen LogP contribution in [-0.4, -0.2) is 30.1 Å². The van der Waals surface area contributed by atoms with Gasteiger partial charge < -0.3 is 20.5 Å². The van der Waals surface area contributed by atoms with Gasteiger partial charge in [-0.1, -0.05) is 31.2 Å². The summed E-state index contributed by atoms with van der Waals surface area (Å²) >= 11 is 0. The Morgan fingerprint density at radius 2 is 1.50 bits per heavy atom. The quantitative estimate of drug-likeness (QED) is 0.365. The molecular weight excluding hydrogens is 473 g/mol. The summed E-state index contributed by atoms with van der Waals surface area (Å²) in [4.78, 5) is 25.3. The van der Waals surface area contributed by atoms with Crippen LogP contribution < -0.4 is 15.4 Å². The van der Waals surface area contributed by atoms with Gasteiger partial charge in [0.15, 0.2) is 0 Å². The zero-order chi connectivity index (χ0) is 26.1. The van der Waals surface area contributed by atoms with Crippen molar-refractivity contribution in [2.45, 2.75) is 19.5 Å². The maximum Gasteiger partial charge on any atom is 0.416 e. The molecule has 0 spiro atoms. The first-order valence-corrected chi connectivity index (χ1v) is 11.2. The van der Waals surface area contributed by atoms with Crippen molar-refractivity contribution in [1.29, 1.82) is 0 Å². The van der Waals surface area contributed by atoms with Gasteiger partial charge in [0.25, 0.3) is 11.8 Å². The molecule has 9 heteroatoms. The second kappa shape index (κ2) is 12.0. The second-order valence-electron chi connectivity index (χ2n) is 7.74. The van der Waals surface area contributed by atoms with Crippen molar-refractivity contribution >= 4 is 17.9 Å². The van der Waals surface area contributed by atoms with E-state index in [4.69, 9.17) is 9.84 Å². The van der Waals surface area contributed by atoms with E-state index in [1.54, 1.807) is 0 Å². The average Bonchev–Trinajstić information content (AvgIpc) is 2.87. The zero-order valence-electron chi connectivity index (χ0n) is 19.4. The van der Waals surface area contributed by atoms with Crippen LogP contribution in [0.1, 0.15) is 34.0 Å². The molecule has 0 aliphatic carbocycles. The van der Waals surface area contributed by atoms with Gasteiger partial charge in [-0.15, -0.1) is 0 Å². The predicted octanol–water partition coefficient (Wildman–Crippen LogP) is 4.94. The molecule has 0 unspecified atom stereocenters. The van der Waals surface area contributed by atoms with Crippen molar-refractivity contribution in [3.63, 3.8) is 0 Å². The van der Waals surface area contributed by atoms with Crippen molar-refractivity contribution in [2.24, 2.45) is 0 Å². The Morgan fingerprint density at radius 3 is 2.03 bits per heavy atom. The van der Waals surface area contributed by atoms with E-state index in [0.29, 0.717) is 11.3 Å². The number of aryl methyl sites for hydroxylation is 1. The molecule has 0 radical (unpaired) electrons. The molecule has 2 amide bonds. The van der Waals surface area contributed by atoms with Gasteiger partial charge in [0, 0.05) is 12.1 Å². The number of halogens is 3. The molecule has 6 nitrogen and oxygen atoms in total. The Labute approximate surface area is 206 Å². The summed E-state index contributed by atoms with van der Waals surface area (Å²) in [6.07, 6.45) is -2.04. The van der Waals surface area contributed by atoms with Gasteiger partial charge in [-0.05, 0) is 72.2 Å². The van der Waals surface area contributed by atoms with Gasteiger partial charge in [-0.3, -0.25) is 9.59 Å². The lowest BCUT2D eigenvalue weighted by Crippen LogP contribution is -2.36. The van der Waals surface area contributed by atoms with Crippen LogP contribution in [0, 0.1) is 0 Å². The number of carbonyl (C=O) groups excluding carboxylic acids is 2. The van der Waals surface area contributed by atoms with Gasteiger partial charge in [0.05, 0.1) is 12.2 Å². The third-order valence-electron chi connectivity index (χ3n) is 5.12. The van der Waals surface area contributed by atoms with Gasteiger partial charge in [0.2, 0.25) is 0 Å². The number of hydrogen-bond acceptors (Lipinski definition) is 4. The summed E-state index contributed by atoms with van der Waals surface area (Å²) in [6, 6.07) is 17.7. The van der Waals surface area contributed by atoms with Crippen LogP contribution in [0.25, 0.3) is 6.08 Å². The third kappa shape index (κ3) is 7.44. The average molecular weight is 499 g/mol. The fraction of sp³-hybridized carbons (Fsp3) is 0.185. The van der Waals surface area contributed by atoms with E-state index in [0.717, 1.165) is 24.1 Å². The lowest BCUT2D eigenvalue weighted by atomic mass is 10.1. The molecule has 0 aliphatic rings. The zero-order valence-corrected chi connectivity index (χ0v) is 19.4. The molecule has 3 N–H and O–H groups in total. The molecule has 0 saturated heterocycles.